The zero-order valence-electron chi connectivity index (χ0n) is 18.5. The molecule has 0 saturated carbocycles. The van der Waals surface area contributed by atoms with Crippen LogP contribution < -0.4 is 5.32 Å². The van der Waals surface area contributed by atoms with Crippen LogP contribution in [-0.4, -0.2) is 74.9 Å². The lowest BCUT2D eigenvalue weighted by Gasteiger charge is -2.30. The van der Waals surface area contributed by atoms with Crippen LogP contribution in [0.3, 0.4) is 0 Å². The van der Waals surface area contributed by atoms with Crippen LogP contribution in [0.2, 0.25) is 0 Å². The Morgan fingerprint density at radius 1 is 1.03 bits per heavy atom. The van der Waals surface area contributed by atoms with E-state index in [4.69, 9.17) is 4.74 Å². The Morgan fingerprint density at radius 2 is 1.75 bits per heavy atom. The van der Waals surface area contributed by atoms with Crippen molar-refractivity contribution in [2.75, 3.05) is 39.3 Å². The topological polar surface area (TPSA) is 96.0 Å². The first-order valence-electron chi connectivity index (χ1n) is 11.7. The highest BCUT2D eigenvalue weighted by atomic mass is 32.2. The molecule has 10 heteroatoms. The maximum atomic E-state index is 13.1. The minimum atomic E-state index is -3.66. The molecule has 178 valence electrons. The van der Waals surface area contributed by atoms with Gasteiger partial charge in [-0.1, -0.05) is 12.8 Å². The summed E-state index contributed by atoms with van der Waals surface area (Å²) in [6, 6.07) is 1.52. The summed E-state index contributed by atoms with van der Waals surface area (Å²) in [5.74, 6) is -0.267. The van der Waals surface area contributed by atoms with E-state index in [1.807, 2.05) is 4.90 Å². The Labute approximate surface area is 194 Å². The Hall–Kier alpha value is -1.49. The van der Waals surface area contributed by atoms with E-state index in [1.54, 1.807) is 5.38 Å². The molecule has 0 unspecified atom stereocenters. The molecule has 3 fully saturated rings. The highest BCUT2D eigenvalue weighted by Gasteiger charge is 2.34. The standard InChI is InChI=1S/C22H33N3O5S2/c26-21(23-15-19-6-5-13-30-19)17-7-11-25(12-8-17)32(28,29)20-14-18(16-31-20)22(27)24-9-3-1-2-4-10-24/h14,16-17,19H,1-13,15H2,(H,23,26)/t19-/m1/s1. The highest BCUT2D eigenvalue weighted by molar-refractivity contribution is 7.91. The summed E-state index contributed by atoms with van der Waals surface area (Å²) in [4.78, 5) is 27.1. The monoisotopic (exact) mass is 483 g/mol. The van der Waals surface area contributed by atoms with E-state index in [0.717, 1.165) is 69.6 Å². The van der Waals surface area contributed by atoms with Gasteiger partial charge < -0.3 is 15.0 Å². The molecule has 3 aliphatic rings. The molecule has 0 radical (unpaired) electrons. The van der Waals surface area contributed by atoms with Crippen molar-refractivity contribution in [3.8, 4) is 0 Å². The molecule has 1 aromatic rings. The van der Waals surface area contributed by atoms with Gasteiger partial charge >= 0.3 is 0 Å². The van der Waals surface area contributed by atoms with E-state index < -0.39 is 10.0 Å². The summed E-state index contributed by atoms with van der Waals surface area (Å²) in [6.45, 7) is 3.38. The average molecular weight is 484 g/mol. The van der Waals surface area contributed by atoms with Crippen LogP contribution in [0.1, 0.15) is 61.7 Å². The van der Waals surface area contributed by atoms with Crippen molar-refractivity contribution >= 4 is 33.2 Å². The summed E-state index contributed by atoms with van der Waals surface area (Å²) < 4.78 is 33.4. The lowest BCUT2D eigenvalue weighted by atomic mass is 9.97. The fraction of sp³-hybridized carbons (Fsp3) is 0.727. The molecular formula is C22H33N3O5S2. The van der Waals surface area contributed by atoms with E-state index in [1.165, 1.54) is 10.4 Å². The second kappa shape index (κ2) is 10.6. The van der Waals surface area contributed by atoms with Gasteiger partial charge in [-0.05, 0) is 44.6 Å². The first-order valence-corrected chi connectivity index (χ1v) is 14.0. The number of nitrogens with zero attached hydrogens (tertiary/aromatic N) is 2. The highest BCUT2D eigenvalue weighted by Crippen LogP contribution is 2.29. The van der Waals surface area contributed by atoms with Gasteiger partial charge in [-0.15, -0.1) is 11.3 Å². The second-order valence-electron chi connectivity index (χ2n) is 8.92. The molecular weight excluding hydrogens is 450 g/mol. The number of sulfonamides is 1. The fourth-order valence-electron chi connectivity index (χ4n) is 4.67. The van der Waals surface area contributed by atoms with Crippen molar-refractivity contribution in [1.29, 1.82) is 0 Å². The van der Waals surface area contributed by atoms with Crippen LogP contribution in [0.5, 0.6) is 0 Å². The van der Waals surface area contributed by atoms with E-state index in [9.17, 15) is 18.0 Å². The Morgan fingerprint density at radius 3 is 2.41 bits per heavy atom. The molecule has 3 saturated heterocycles. The number of likely N-dealkylation sites (tertiary alicyclic amines) is 1. The Kier molecular flexibility index (Phi) is 7.86. The summed E-state index contributed by atoms with van der Waals surface area (Å²) in [7, 11) is -3.66. The van der Waals surface area contributed by atoms with Crippen LogP contribution in [0.15, 0.2) is 15.7 Å². The van der Waals surface area contributed by atoms with Gasteiger partial charge in [0, 0.05) is 50.6 Å². The first kappa shape index (κ1) is 23.7. The van der Waals surface area contributed by atoms with Crippen LogP contribution in [-0.2, 0) is 19.6 Å². The largest absolute Gasteiger partial charge is 0.376 e. The molecule has 0 spiro atoms. The van der Waals surface area contributed by atoms with Gasteiger partial charge in [-0.3, -0.25) is 9.59 Å². The predicted octanol–water partition coefficient (Wildman–Crippen LogP) is 2.46. The summed E-state index contributed by atoms with van der Waals surface area (Å²) in [6.07, 6.45) is 7.37. The molecule has 0 aromatic carbocycles. The normalized spacial score (nSPS) is 23.8. The molecule has 1 atom stereocenters. The fourth-order valence-corrected chi connectivity index (χ4v) is 7.45. The lowest BCUT2D eigenvalue weighted by Crippen LogP contribution is -2.44. The number of piperidine rings is 1. The van der Waals surface area contributed by atoms with Crippen molar-refractivity contribution in [1.82, 2.24) is 14.5 Å². The van der Waals surface area contributed by atoms with E-state index in [0.29, 0.717) is 38.0 Å². The van der Waals surface area contributed by atoms with Gasteiger partial charge in [0.25, 0.3) is 15.9 Å². The number of amides is 2. The van der Waals surface area contributed by atoms with Crippen molar-refractivity contribution in [2.24, 2.45) is 5.92 Å². The molecule has 0 aliphatic carbocycles. The minimum absolute atomic E-state index is 0.0148. The summed E-state index contributed by atoms with van der Waals surface area (Å²) >= 11 is 1.11. The molecule has 1 N–H and O–H groups in total. The van der Waals surface area contributed by atoms with Crippen LogP contribution in [0, 0.1) is 5.92 Å². The van der Waals surface area contributed by atoms with Crippen molar-refractivity contribution in [3.05, 3.63) is 17.0 Å². The van der Waals surface area contributed by atoms with Crippen molar-refractivity contribution < 1.29 is 22.7 Å². The van der Waals surface area contributed by atoms with Gasteiger partial charge in [0.1, 0.15) is 4.21 Å². The van der Waals surface area contributed by atoms with Gasteiger partial charge in [0.05, 0.1) is 11.7 Å². The molecule has 3 aliphatic heterocycles. The zero-order valence-corrected chi connectivity index (χ0v) is 20.1. The van der Waals surface area contributed by atoms with Gasteiger partial charge in [-0.25, -0.2) is 8.42 Å². The first-order chi connectivity index (χ1) is 15.4. The number of carbonyl (C=O) groups is 2. The van der Waals surface area contributed by atoms with E-state index in [2.05, 4.69) is 5.32 Å². The second-order valence-corrected chi connectivity index (χ2v) is 12.0. The van der Waals surface area contributed by atoms with Gasteiger partial charge in [0.2, 0.25) is 5.91 Å². The molecule has 4 rings (SSSR count). The number of hydrogen-bond donors (Lipinski definition) is 1. The number of carbonyl (C=O) groups excluding carboxylic acids is 2. The third-order valence-electron chi connectivity index (χ3n) is 6.66. The van der Waals surface area contributed by atoms with E-state index >= 15 is 0 Å². The number of ether oxygens (including phenoxy) is 1. The number of hydrogen-bond acceptors (Lipinski definition) is 6. The Balaban J connectivity index is 1.31. The molecule has 2 amide bonds. The number of thiophene rings is 1. The lowest BCUT2D eigenvalue weighted by molar-refractivity contribution is -0.126. The summed E-state index contributed by atoms with van der Waals surface area (Å²) in [5.41, 5.74) is 0.457. The van der Waals surface area contributed by atoms with Crippen LogP contribution in [0.4, 0.5) is 0 Å². The smallest absolute Gasteiger partial charge is 0.254 e. The van der Waals surface area contributed by atoms with Gasteiger partial charge in [-0.2, -0.15) is 4.31 Å². The van der Waals surface area contributed by atoms with Crippen molar-refractivity contribution in [3.63, 3.8) is 0 Å². The maximum Gasteiger partial charge on any atom is 0.254 e. The number of rotatable bonds is 6. The number of nitrogens with one attached hydrogen (secondary N) is 1. The predicted molar refractivity (Wildman–Crippen MR) is 122 cm³/mol. The third-order valence-corrected chi connectivity index (χ3v) is 9.98. The SMILES string of the molecule is O=C(NC[C@H]1CCCO1)C1CCN(S(=O)(=O)c2cc(C(=O)N3CCCCCC3)cs2)CC1. The quantitative estimate of drug-likeness (QED) is 0.671. The molecule has 0 bridgehead atoms. The zero-order chi connectivity index (χ0) is 22.6. The van der Waals surface area contributed by atoms with Crippen LogP contribution in [0.25, 0.3) is 0 Å². The van der Waals surface area contributed by atoms with Gasteiger partial charge in [0.15, 0.2) is 0 Å². The summed E-state index contributed by atoms with van der Waals surface area (Å²) in [5, 5.41) is 4.62. The third kappa shape index (κ3) is 5.52. The molecule has 8 nitrogen and oxygen atoms in total. The minimum Gasteiger partial charge on any atom is -0.376 e. The molecule has 1 aromatic heterocycles. The average Bonchev–Trinajstić information content (AvgIpc) is 3.44. The Bertz CT molecular complexity index is 894. The van der Waals surface area contributed by atoms with E-state index in [-0.39, 0.29) is 28.0 Å². The molecule has 4 heterocycles. The maximum absolute atomic E-state index is 13.1. The van der Waals surface area contributed by atoms with Crippen LogP contribution >= 0.6 is 11.3 Å². The molecule has 32 heavy (non-hydrogen) atoms. The van der Waals surface area contributed by atoms with Crippen molar-refractivity contribution in [2.45, 2.75) is 61.7 Å².